The quantitative estimate of drug-likeness (QED) is 0.349. The van der Waals surface area contributed by atoms with Crippen molar-refractivity contribution in [3.8, 4) is 0 Å². The van der Waals surface area contributed by atoms with Crippen molar-refractivity contribution in [2.24, 2.45) is 0 Å². The van der Waals surface area contributed by atoms with E-state index >= 15 is 0 Å². The highest BCUT2D eigenvalue weighted by Gasteiger charge is 2.02. The Balaban J connectivity index is 2.50. The van der Waals surface area contributed by atoms with Gasteiger partial charge in [0, 0.05) is 0 Å². The molecule has 8 heavy (non-hydrogen) atoms. The third-order valence-electron chi connectivity index (χ3n) is 1.36. The van der Waals surface area contributed by atoms with Crippen molar-refractivity contribution < 1.29 is 0 Å². The minimum atomic E-state index is 0.101. The third-order valence-corrected chi connectivity index (χ3v) is 1.36. The van der Waals surface area contributed by atoms with Gasteiger partial charge in [0.1, 0.15) is 0 Å². The van der Waals surface area contributed by atoms with E-state index in [1.165, 1.54) is 5.57 Å². The van der Waals surface area contributed by atoms with Crippen LogP contribution < -0.4 is 5.32 Å². The van der Waals surface area contributed by atoms with Crippen molar-refractivity contribution in [3.63, 3.8) is 0 Å². The Hall–Kier alpha value is -0.235. The maximum absolute atomic E-state index is 5.54. The molecule has 0 spiro atoms. The largest absolute Gasteiger partial charge is 0.319 e. The first-order valence-corrected chi connectivity index (χ1v) is 2.95. The van der Waals surface area contributed by atoms with Crippen LogP contribution in [0.3, 0.4) is 0 Å². The van der Waals surface area contributed by atoms with Gasteiger partial charge in [-0.3, -0.25) is 0 Å². The van der Waals surface area contributed by atoms with Crippen molar-refractivity contribution in [1.29, 1.82) is 0 Å². The third kappa shape index (κ3) is 1.37. The molecule has 1 unspecified atom stereocenters. The van der Waals surface area contributed by atoms with E-state index in [0.717, 1.165) is 13.0 Å². The minimum Gasteiger partial charge on any atom is -0.319 e. The van der Waals surface area contributed by atoms with Crippen LogP contribution in [0.4, 0.5) is 0 Å². The fourth-order valence-electron chi connectivity index (χ4n) is 0.885. The topological polar surface area (TPSA) is 12.0 Å². The summed E-state index contributed by atoms with van der Waals surface area (Å²) in [7, 11) is 5.54. The Morgan fingerprint density at radius 3 is 3.00 bits per heavy atom. The number of hydrogen-bond acceptors (Lipinski definition) is 1. The molecule has 0 fully saturated rings. The summed E-state index contributed by atoms with van der Waals surface area (Å²) >= 11 is 0. The molecule has 1 aliphatic heterocycles. The van der Waals surface area contributed by atoms with Crippen molar-refractivity contribution in [2.75, 3.05) is 6.54 Å². The molecule has 1 nitrogen and oxygen atoms in total. The molecule has 0 amide bonds. The predicted molar refractivity (Wildman–Crippen MR) is 35.9 cm³/mol. The highest BCUT2D eigenvalue weighted by Crippen LogP contribution is 2.03. The van der Waals surface area contributed by atoms with Gasteiger partial charge in [0.2, 0.25) is 0 Å². The van der Waals surface area contributed by atoms with Crippen LogP contribution in [0.2, 0.25) is 0 Å². The summed E-state index contributed by atoms with van der Waals surface area (Å²) in [5.41, 5.74) is 1.40. The van der Waals surface area contributed by atoms with E-state index in [1.54, 1.807) is 0 Å². The summed E-state index contributed by atoms with van der Waals surface area (Å²) in [6.45, 7) is 3.14. The molecule has 1 atom stereocenters. The summed E-state index contributed by atoms with van der Waals surface area (Å²) < 4.78 is 0. The zero-order valence-corrected chi connectivity index (χ0v) is 5.15. The van der Waals surface area contributed by atoms with Crippen molar-refractivity contribution >= 4 is 7.85 Å². The normalized spacial score (nSPS) is 29.6. The molecule has 0 aromatic rings. The fraction of sp³-hybridized carbons (Fsp3) is 0.667. The fourth-order valence-corrected chi connectivity index (χ4v) is 0.885. The van der Waals surface area contributed by atoms with Crippen LogP contribution in [0.1, 0.15) is 13.3 Å². The van der Waals surface area contributed by atoms with Crippen LogP contribution in [0.25, 0.3) is 0 Å². The summed E-state index contributed by atoms with van der Waals surface area (Å²) in [6, 6.07) is 0. The Morgan fingerprint density at radius 1 is 1.88 bits per heavy atom. The zero-order chi connectivity index (χ0) is 5.98. The molecular weight excluding hydrogens is 96.9 g/mol. The number of hydrogen-bond donors (Lipinski definition) is 1. The average Bonchev–Trinajstić information content (AvgIpc) is 1.64. The second-order valence-electron chi connectivity index (χ2n) is 2.24. The Labute approximate surface area is 51.6 Å². The molecule has 2 radical (unpaired) electrons. The van der Waals surface area contributed by atoms with Crippen LogP contribution >= 0.6 is 0 Å². The smallest absolute Gasteiger partial charge is 0.0963 e. The molecule has 1 rings (SSSR count). The highest BCUT2D eigenvalue weighted by atomic mass is 14.9. The minimum absolute atomic E-state index is 0.101. The van der Waals surface area contributed by atoms with Crippen molar-refractivity contribution in [3.05, 3.63) is 11.6 Å². The maximum atomic E-state index is 5.54. The first kappa shape index (κ1) is 5.89. The zero-order valence-electron chi connectivity index (χ0n) is 5.15. The monoisotopic (exact) mass is 107 g/mol. The lowest BCUT2D eigenvalue weighted by molar-refractivity contribution is 0.668. The number of nitrogens with one attached hydrogen (secondary N) is 1. The summed E-state index contributed by atoms with van der Waals surface area (Å²) in [5.74, 6) is 0.101. The van der Waals surface area contributed by atoms with E-state index in [1.807, 2.05) is 0 Å². The second kappa shape index (κ2) is 2.36. The standard InChI is InChI=1S/C6H10BN/c1-5-2-3-8-6(7)4-5/h4,6,8H,2-3H2,1H3. The molecule has 1 heterocycles. The second-order valence-corrected chi connectivity index (χ2v) is 2.24. The molecule has 0 aliphatic carbocycles. The van der Waals surface area contributed by atoms with E-state index in [4.69, 9.17) is 7.85 Å². The first-order chi connectivity index (χ1) is 3.79. The molecule has 0 aromatic carbocycles. The summed E-state index contributed by atoms with van der Waals surface area (Å²) in [6.07, 6.45) is 3.21. The van der Waals surface area contributed by atoms with E-state index in [9.17, 15) is 0 Å². The van der Waals surface area contributed by atoms with Gasteiger partial charge < -0.3 is 5.32 Å². The van der Waals surface area contributed by atoms with Gasteiger partial charge in [-0.2, -0.15) is 0 Å². The van der Waals surface area contributed by atoms with E-state index in [-0.39, 0.29) is 5.94 Å². The van der Waals surface area contributed by atoms with Gasteiger partial charge in [-0.15, -0.1) is 0 Å². The number of rotatable bonds is 0. The molecule has 0 saturated carbocycles. The van der Waals surface area contributed by atoms with Crippen LogP contribution in [-0.2, 0) is 0 Å². The van der Waals surface area contributed by atoms with Gasteiger partial charge in [0.25, 0.3) is 0 Å². The first-order valence-electron chi connectivity index (χ1n) is 2.95. The molecule has 0 bridgehead atoms. The van der Waals surface area contributed by atoms with Crippen LogP contribution in [0.5, 0.6) is 0 Å². The molecule has 0 aromatic heterocycles. The van der Waals surface area contributed by atoms with Gasteiger partial charge in [-0.25, -0.2) is 0 Å². The van der Waals surface area contributed by atoms with E-state index < -0.39 is 0 Å². The predicted octanol–water partition coefficient (Wildman–Crippen LogP) is 0.421. The molecule has 0 saturated heterocycles. The van der Waals surface area contributed by atoms with Gasteiger partial charge in [0.05, 0.1) is 7.85 Å². The average molecular weight is 107 g/mol. The van der Waals surface area contributed by atoms with Crippen LogP contribution in [0, 0.1) is 0 Å². The van der Waals surface area contributed by atoms with Crippen molar-refractivity contribution in [2.45, 2.75) is 19.3 Å². The maximum Gasteiger partial charge on any atom is 0.0963 e. The van der Waals surface area contributed by atoms with Gasteiger partial charge in [-0.05, 0) is 25.8 Å². The molecule has 42 valence electrons. The summed E-state index contributed by atoms with van der Waals surface area (Å²) in [4.78, 5) is 0. The lowest BCUT2D eigenvalue weighted by atomic mass is 9.91. The van der Waals surface area contributed by atoms with Gasteiger partial charge >= 0.3 is 0 Å². The molecule has 1 N–H and O–H groups in total. The van der Waals surface area contributed by atoms with E-state index in [0.29, 0.717) is 0 Å². The van der Waals surface area contributed by atoms with Gasteiger partial charge in [0.15, 0.2) is 0 Å². The van der Waals surface area contributed by atoms with Crippen LogP contribution in [0.15, 0.2) is 11.6 Å². The van der Waals surface area contributed by atoms with Crippen molar-refractivity contribution in [1.82, 2.24) is 5.32 Å². The molecule has 1 aliphatic rings. The molecular formula is C6H10BN. The highest BCUT2D eigenvalue weighted by molar-refractivity contribution is 6.13. The Bertz CT molecular complexity index is 109. The van der Waals surface area contributed by atoms with E-state index in [2.05, 4.69) is 18.3 Å². The summed E-state index contributed by atoms with van der Waals surface area (Å²) in [5, 5.41) is 3.11. The lowest BCUT2D eigenvalue weighted by Crippen LogP contribution is -2.31. The Morgan fingerprint density at radius 2 is 2.62 bits per heavy atom. The Kier molecular flexibility index (Phi) is 1.74. The molecule has 2 heteroatoms. The SMILES string of the molecule is [B]C1C=C(C)CCN1. The lowest BCUT2D eigenvalue weighted by Gasteiger charge is -2.16. The van der Waals surface area contributed by atoms with Gasteiger partial charge in [-0.1, -0.05) is 11.6 Å². The van der Waals surface area contributed by atoms with Crippen LogP contribution in [-0.4, -0.2) is 20.3 Å².